The van der Waals surface area contributed by atoms with Gasteiger partial charge in [-0.25, -0.2) is 0 Å². The molecule has 0 aliphatic heterocycles. The molecular formula is C17H24N4O8. The summed E-state index contributed by atoms with van der Waals surface area (Å²) in [6.45, 7) is -2.16. The van der Waals surface area contributed by atoms with Crippen LogP contribution in [-0.2, 0) is 25.6 Å². The number of carboxylic acids is 1. The van der Waals surface area contributed by atoms with Crippen LogP contribution in [0.5, 0.6) is 5.75 Å². The van der Waals surface area contributed by atoms with Gasteiger partial charge in [0.15, 0.2) is 0 Å². The van der Waals surface area contributed by atoms with E-state index in [2.05, 4.69) is 16.0 Å². The third-order valence-corrected chi connectivity index (χ3v) is 3.77. The second-order valence-corrected chi connectivity index (χ2v) is 6.08. The summed E-state index contributed by atoms with van der Waals surface area (Å²) in [6, 6.07) is 1.77. The number of hydrogen-bond acceptors (Lipinski definition) is 8. The van der Waals surface area contributed by atoms with E-state index in [0.29, 0.717) is 5.56 Å². The number of phenolic OH excluding ortho intramolecular Hbond substituents is 1. The van der Waals surface area contributed by atoms with E-state index in [9.17, 15) is 29.4 Å². The number of carbonyl (C=O) groups is 4. The van der Waals surface area contributed by atoms with Crippen LogP contribution in [0.25, 0.3) is 0 Å². The van der Waals surface area contributed by atoms with Crippen molar-refractivity contribution >= 4 is 23.7 Å². The first kappa shape index (κ1) is 23.8. The number of aliphatic hydroxyl groups excluding tert-OH is 2. The number of carbonyl (C=O) groups excluding carboxylic acids is 3. The summed E-state index contributed by atoms with van der Waals surface area (Å²) in [7, 11) is 0. The quantitative estimate of drug-likeness (QED) is 0.180. The highest BCUT2D eigenvalue weighted by atomic mass is 16.4. The molecule has 1 aromatic rings. The SMILES string of the molecule is NC(CO)C(=O)NC(CO)C(=O)NC(Cc1ccc(O)cc1)C(=O)NCC(=O)O. The Morgan fingerprint density at radius 1 is 0.897 bits per heavy atom. The summed E-state index contributed by atoms with van der Waals surface area (Å²) in [5.41, 5.74) is 5.88. The van der Waals surface area contributed by atoms with Gasteiger partial charge in [-0.05, 0) is 17.7 Å². The lowest BCUT2D eigenvalue weighted by molar-refractivity contribution is -0.138. The molecule has 0 saturated carbocycles. The highest BCUT2D eigenvalue weighted by Crippen LogP contribution is 2.11. The van der Waals surface area contributed by atoms with E-state index in [1.807, 2.05) is 0 Å². The molecular weight excluding hydrogens is 388 g/mol. The third-order valence-electron chi connectivity index (χ3n) is 3.77. The molecule has 3 unspecified atom stereocenters. The molecule has 12 heteroatoms. The molecule has 1 rings (SSSR count). The van der Waals surface area contributed by atoms with Gasteiger partial charge in [0, 0.05) is 6.42 Å². The van der Waals surface area contributed by atoms with Crippen molar-refractivity contribution in [3.05, 3.63) is 29.8 Å². The minimum atomic E-state index is -1.45. The van der Waals surface area contributed by atoms with E-state index in [4.69, 9.17) is 15.9 Å². The maximum absolute atomic E-state index is 12.4. The zero-order valence-corrected chi connectivity index (χ0v) is 15.4. The van der Waals surface area contributed by atoms with Crippen molar-refractivity contribution < 1.29 is 39.6 Å². The lowest BCUT2D eigenvalue weighted by Crippen LogP contribution is -2.58. The standard InChI is InChI=1S/C17H24N4O8/c18-11(7-22)15(27)21-13(8-23)17(29)20-12(16(28)19-6-14(25)26)5-9-1-3-10(24)4-2-9/h1-4,11-13,22-24H,5-8,18H2,(H,19,28)(H,20,29)(H,21,27)(H,25,26). The van der Waals surface area contributed by atoms with Crippen molar-refractivity contribution in [3.63, 3.8) is 0 Å². The number of hydrogen-bond donors (Lipinski definition) is 8. The first-order chi connectivity index (χ1) is 13.7. The molecule has 12 nitrogen and oxygen atoms in total. The molecule has 0 aromatic heterocycles. The van der Waals surface area contributed by atoms with E-state index in [-0.39, 0.29) is 12.2 Å². The van der Waals surface area contributed by atoms with Gasteiger partial charge in [0.1, 0.15) is 30.4 Å². The fraction of sp³-hybridized carbons (Fsp3) is 0.412. The Morgan fingerprint density at radius 2 is 1.48 bits per heavy atom. The lowest BCUT2D eigenvalue weighted by atomic mass is 10.0. The molecule has 29 heavy (non-hydrogen) atoms. The number of aromatic hydroxyl groups is 1. The second kappa shape index (κ2) is 11.6. The zero-order chi connectivity index (χ0) is 22.0. The fourth-order valence-electron chi connectivity index (χ4n) is 2.19. The molecule has 0 spiro atoms. The maximum atomic E-state index is 12.4. The van der Waals surface area contributed by atoms with E-state index in [1.165, 1.54) is 24.3 Å². The van der Waals surface area contributed by atoms with Crippen LogP contribution < -0.4 is 21.7 Å². The van der Waals surface area contributed by atoms with E-state index >= 15 is 0 Å². The normalized spacial score (nSPS) is 13.6. The second-order valence-electron chi connectivity index (χ2n) is 6.08. The average Bonchev–Trinajstić information content (AvgIpc) is 2.70. The highest BCUT2D eigenvalue weighted by Gasteiger charge is 2.28. The summed E-state index contributed by atoms with van der Waals surface area (Å²) in [6.07, 6.45) is -0.0558. The average molecular weight is 412 g/mol. The van der Waals surface area contributed by atoms with E-state index in [1.54, 1.807) is 0 Å². The van der Waals surface area contributed by atoms with Crippen molar-refractivity contribution in [1.82, 2.24) is 16.0 Å². The van der Waals surface area contributed by atoms with Crippen LogP contribution in [-0.4, -0.2) is 82.0 Å². The van der Waals surface area contributed by atoms with Gasteiger partial charge in [0.2, 0.25) is 17.7 Å². The van der Waals surface area contributed by atoms with Gasteiger partial charge < -0.3 is 42.1 Å². The molecule has 0 saturated heterocycles. The summed E-state index contributed by atoms with van der Waals surface area (Å²) in [5, 5.41) is 42.9. The van der Waals surface area contributed by atoms with Crippen LogP contribution in [0.1, 0.15) is 5.56 Å². The highest BCUT2D eigenvalue weighted by molar-refractivity contribution is 5.93. The number of benzene rings is 1. The first-order valence-electron chi connectivity index (χ1n) is 8.53. The fourth-order valence-corrected chi connectivity index (χ4v) is 2.19. The molecule has 0 aliphatic carbocycles. The molecule has 0 aliphatic rings. The van der Waals surface area contributed by atoms with Gasteiger partial charge in [0.25, 0.3) is 0 Å². The Balaban J connectivity index is 2.90. The monoisotopic (exact) mass is 412 g/mol. The summed E-state index contributed by atoms with van der Waals surface area (Å²) in [5.74, 6) is -3.89. The maximum Gasteiger partial charge on any atom is 0.322 e. The lowest BCUT2D eigenvalue weighted by Gasteiger charge is -2.23. The number of nitrogens with one attached hydrogen (secondary N) is 3. The smallest absolute Gasteiger partial charge is 0.322 e. The number of amides is 3. The van der Waals surface area contributed by atoms with Gasteiger partial charge in [0.05, 0.1) is 13.2 Å². The van der Waals surface area contributed by atoms with Crippen LogP contribution in [0.2, 0.25) is 0 Å². The number of nitrogens with two attached hydrogens (primary N) is 1. The van der Waals surface area contributed by atoms with Crippen molar-refractivity contribution in [2.24, 2.45) is 5.73 Å². The minimum absolute atomic E-state index is 0.00653. The van der Waals surface area contributed by atoms with Gasteiger partial charge in [-0.3, -0.25) is 19.2 Å². The topological polar surface area (TPSA) is 211 Å². The Labute approximate surface area is 165 Å². The number of phenols is 1. The van der Waals surface area contributed by atoms with Crippen LogP contribution in [0.3, 0.4) is 0 Å². The third kappa shape index (κ3) is 8.13. The predicted molar refractivity (Wildman–Crippen MR) is 98.5 cm³/mol. The van der Waals surface area contributed by atoms with Crippen molar-refractivity contribution in [3.8, 4) is 5.75 Å². The Hall–Kier alpha value is -3.22. The molecule has 1 aromatic carbocycles. The van der Waals surface area contributed by atoms with Crippen LogP contribution in [0, 0.1) is 0 Å². The van der Waals surface area contributed by atoms with Gasteiger partial charge in [-0.15, -0.1) is 0 Å². The molecule has 160 valence electrons. The predicted octanol–water partition coefficient (Wildman–Crippen LogP) is -3.58. The number of carboxylic acid groups (broad SMARTS) is 1. The Morgan fingerprint density at radius 3 is 2.00 bits per heavy atom. The van der Waals surface area contributed by atoms with E-state index < -0.39 is 61.6 Å². The van der Waals surface area contributed by atoms with Crippen molar-refractivity contribution in [1.29, 1.82) is 0 Å². The summed E-state index contributed by atoms with van der Waals surface area (Å²) < 4.78 is 0. The minimum Gasteiger partial charge on any atom is -0.508 e. The van der Waals surface area contributed by atoms with Crippen LogP contribution >= 0.6 is 0 Å². The van der Waals surface area contributed by atoms with Crippen LogP contribution in [0.4, 0.5) is 0 Å². The molecule has 3 atom stereocenters. The number of aliphatic carboxylic acids is 1. The summed E-state index contributed by atoms with van der Waals surface area (Å²) >= 11 is 0. The Bertz CT molecular complexity index is 725. The summed E-state index contributed by atoms with van der Waals surface area (Å²) in [4.78, 5) is 47.1. The molecule has 9 N–H and O–H groups in total. The molecule has 0 heterocycles. The number of rotatable bonds is 11. The van der Waals surface area contributed by atoms with Gasteiger partial charge in [-0.1, -0.05) is 12.1 Å². The van der Waals surface area contributed by atoms with Crippen molar-refractivity contribution in [2.45, 2.75) is 24.5 Å². The Kier molecular flexibility index (Phi) is 9.51. The molecule has 3 amide bonds. The van der Waals surface area contributed by atoms with Crippen LogP contribution in [0.15, 0.2) is 24.3 Å². The molecule has 0 bridgehead atoms. The largest absolute Gasteiger partial charge is 0.508 e. The van der Waals surface area contributed by atoms with E-state index in [0.717, 1.165) is 0 Å². The molecule has 0 radical (unpaired) electrons. The zero-order valence-electron chi connectivity index (χ0n) is 15.4. The first-order valence-corrected chi connectivity index (χ1v) is 8.53. The van der Waals surface area contributed by atoms with Gasteiger partial charge >= 0.3 is 5.97 Å². The number of aliphatic hydroxyl groups is 2. The molecule has 0 fully saturated rings. The van der Waals surface area contributed by atoms with Gasteiger partial charge in [-0.2, -0.15) is 0 Å². The van der Waals surface area contributed by atoms with Crippen molar-refractivity contribution in [2.75, 3.05) is 19.8 Å².